The zero-order valence-electron chi connectivity index (χ0n) is 17.9. The summed E-state index contributed by atoms with van der Waals surface area (Å²) in [6.07, 6.45) is 6.52. The normalized spacial score (nSPS) is 23.3. The second-order valence-corrected chi connectivity index (χ2v) is 8.89. The lowest BCUT2D eigenvalue weighted by molar-refractivity contribution is 0.0965. The number of piperidine rings is 1. The standard InChI is InChI=1S/C24H25N5O3/c1-27(18-11-16-3-4-17(12-18)29(16)24(30)31)23-8-7-19-20-6-5-15(28-10-2-9-25-28)13-22(20)32-14-21(19)26-23/h2,5-10,13,16-18H,3-4,11-12,14H2,1H3,(H,30,31)/t16-,17+,18?. The summed E-state index contributed by atoms with van der Waals surface area (Å²) in [6.45, 7) is 0.426. The van der Waals surface area contributed by atoms with Crippen molar-refractivity contribution < 1.29 is 14.6 Å². The third kappa shape index (κ3) is 3.01. The van der Waals surface area contributed by atoms with E-state index in [9.17, 15) is 9.90 Å². The number of benzene rings is 1. The Balaban J connectivity index is 1.25. The minimum atomic E-state index is -0.781. The van der Waals surface area contributed by atoms with Crippen molar-refractivity contribution >= 4 is 11.9 Å². The van der Waals surface area contributed by atoms with Gasteiger partial charge in [-0.25, -0.2) is 14.5 Å². The Morgan fingerprint density at radius 1 is 1.16 bits per heavy atom. The van der Waals surface area contributed by atoms with E-state index in [4.69, 9.17) is 9.72 Å². The number of aromatic nitrogens is 3. The Kier molecular flexibility index (Phi) is 4.34. The van der Waals surface area contributed by atoms with Gasteiger partial charge in [-0.15, -0.1) is 0 Å². The van der Waals surface area contributed by atoms with Crippen LogP contribution in [-0.2, 0) is 6.61 Å². The van der Waals surface area contributed by atoms with Crippen LogP contribution in [0.2, 0.25) is 0 Å². The van der Waals surface area contributed by atoms with E-state index < -0.39 is 6.09 Å². The molecular formula is C24H25N5O3. The summed E-state index contributed by atoms with van der Waals surface area (Å²) in [4.78, 5) is 20.4. The first-order valence-electron chi connectivity index (χ1n) is 11.1. The first kappa shape index (κ1) is 19.2. The highest BCUT2D eigenvalue weighted by Crippen LogP contribution is 2.41. The number of hydrogen-bond acceptors (Lipinski definition) is 5. The number of ether oxygens (including phenoxy) is 1. The van der Waals surface area contributed by atoms with E-state index in [0.29, 0.717) is 12.6 Å². The fraction of sp³-hybridized carbons (Fsp3) is 0.375. The molecule has 2 fully saturated rings. The lowest BCUT2D eigenvalue weighted by Crippen LogP contribution is -2.51. The van der Waals surface area contributed by atoms with Crippen molar-refractivity contribution in [2.24, 2.45) is 0 Å². The lowest BCUT2D eigenvalue weighted by Gasteiger charge is -2.41. The molecule has 164 valence electrons. The average molecular weight is 431 g/mol. The van der Waals surface area contributed by atoms with Crippen LogP contribution in [-0.4, -0.2) is 56.0 Å². The van der Waals surface area contributed by atoms with E-state index in [0.717, 1.165) is 59.8 Å². The number of fused-ring (bicyclic) bond motifs is 5. The number of anilines is 1. The van der Waals surface area contributed by atoms with Crippen LogP contribution in [0.1, 0.15) is 31.4 Å². The van der Waals surface area contributed by atoms with Crippen LogP contribution in [0.4, 0.5) is 10.6 Å². The molecule has 8 heteroatoms. The second-order valence-electron chi connectivity index (χ2n) is 8.89. The van der Waals surface area contributed by atoms with Gasteiger partial charge in [0, 0.05) is 54.8 Å². The molecule has 2 saturated heterocycles. The predicted molar refractivity (Wildman–Crippen MR) is 119 cm³/mol. The van der Waals surface area contributed by atoms with Crippen molar-refractivity contribution in [3.05, 3.63) is 54.5 Å². The molecular weight excluding hydrogens is 406 g/mol. The summed E-state index contributed by atoms with van der Waals surface area (Å²) in [7, 11) is 2.07. The van der Waals surface area contributed by atoms with Crippen LogP contribution >= 0.6 is 0 Å². The Morgan fingerprint density at radius 2 is 1.94 bits per heavy atom. The first-order chi connectivity index (χ1) is 15.6. The highest BCUT2D eigenvalue weighted by Gasteiger charge is 2.44. The number of rotatable bonds is 3. The number of carbonyl (C=O) groups is 1. The average Bonchev–Trinajstić information content (AvgIpc) is 3.44. The zero-order chi connectivity index (χ0) is 21.8. The quantitative estimate of drug-likeness (QED) is 0.676. The summed E-state index contributed by atoms with van der Waals surface area (Å²) in [6, 6.07) is 12.7. The summed E-state index contributed by atoms with van der Waals surface area (Å²) in [5, 5.41) is 13.8. The molecule has 5 heterocycles. The number of nitrogens with zero attached hydrogens (tertiary/aromatic N) is 5. The summed E-state index contributed by atoms with van der Waals surface area (Å²) in [5.41, 5.74) is 4.02. The van der Waals surface area contributed by atoms with E-state index >= 15 is 0 Å². The molecule has 8 nitrogen and oxygen atoms in total. The first-order valence-corrected chi connectivity index (χ1v) is 11.1. The van der Waals surface area contributed by atoms with Gasteiger partial charge in [0.05, 0.1) is 11.4 Å². The molecule has 0 radical (unpaired) electrons. The molecule has 1 unspecified atom stereocenters. The van der Waals surface area contributed by atoms with E-state index in [-0.39, 0.29) is 12.1 Å². The molecule has 0 aliphatic carbocycles. The maximum atomic E-state index is 11.6. The molecule has 3 aliphatic rings. The van der Waals surface area contributed by atoms with E-state index in [2.05, 4.69) is 35.2 Å². The summed E-state index contributed by atoms with van der Waals surface area (Å²) in [5.74, 6) is 1.75. The minimum absolute atomic E-state index is 0.121. The Labute approximate surface area is 186 Å². The van der Waals surface area contributed by atoms with Crippen molar-refractivity contribution in [2.45, 2.75) is 50.4 Å². The van der Waals surface area contributed by atoms with Crippen molar-refractivity contribution in [3.63, 3.8) is 0 Å². The van der Waals surface area contributed by atoms with E-state index in [1.54, 1.807) is 11.1 Å². The van der Waals surface area contributed by atoms with Gasteiger partial charge in [-0.2, -0.15) is 5.10 Å². The van der Waals surface area contributed by atoms with E-state index in [1.165, 1.54) is 0 Å². The fourth-order valence-corrected chi connectivity index (χ4v) is 5.57. The predicted octanol–water partition coefficient (Wildman–Crippen LogP) is 3.94. The van der Waals surface area contributed by atoms with Crippen molar-refractivity contribution in [2.75, 3.05) is 11.9 Å². The third-order valence-corrected chi connectivity index (χ3v) is 7.19. The molecule has 1 N–H and O–H groups in total. The second kappa shape index (κ2) is 7.25. The van der Waals surface area contributed by atoms with Crippen molar-refractivity contribution in [1.29, 1.82) is 0 Å². The maximum absolute atomic E-state index is 11.6. The molecule has 6 rings (SSSR count). The van der Waals surface area contributed by atoms with Gasteiger partial charge in [0.2, 0.25) is 0 Å². The van der Waals surface area contributed by atoms with Crippen LogP contribution in [0.5, 0.6) is 5.75 Å². The largest absolute Gasteiger partial charge is 0.487 e. The lowest BCUT2D eigenvalue weighted by atomic mass is 9.96. The fourth-order valence-electron chi connectivity index (χ4n) is 5.57. The Bertz CT molecular complexity index is 1160. The number of amides is 1. The van der Waals surface area contributed by atoms with Gasteiger partial charge in [0.15, 0.2) is 0 Å². The van der Waals surface area contributed by atoms with Crippen LogP contribution < -0.4 is 9.64 Å². The van der Waals surface area contributed by atoms with Gasteiger partial charge >= 0.3 is 6.09 Å². The Hall–Kier alpha value is -3.55. The van der Waals surface area contributed by atoms with Gasteiger partial charge in [-0.3, -0.25) is 0 Å². The third-order valence-electron chi connectivity index (χ3n) is 7.19. The summed E-state index contributed by atoms with van der Waals surface area (Å²) >= 11 is 0. The smallest absolute Gasteiger partial charge is 0.407 e. The molecule has 3 aromatic rings. The highest BCUT2D eigenvalue weighted by molar-refractivity contribution is 5.76. The molecule has 2 aromatic heterocycles. The monoisotopic (exact) mass is 431 g/mol. The molecule has 3 atom stereocenters. The number of carboxylic acid groups (broad SMARTS) is 1. The molecule has 1 aromatic carbocycles. The van der Waals surface area contributed by atoms with Gasteiger partial charge in [0.1, 0.15) is 18.2 Å². The van der Waals surface area contributed by atoms with Gasteiger partial charge in [-0.05, 0) is 56.0 Å². The van der Waals surface area contributed by atoms with Gasteiger partial charge in [0.25, 0.3) is 0 Å². The molecule has 32 heavy (non-hydrogen) atoms. The van der Waals surface area contributed by atoms with Crippen molar-refractivity contribution in [1.82, 2.24) is 19.7 Å². The van der Waals surface area contributed by atoms with Crippen LogP contribution in [0, 0.1) is 0 Å². The molecule has 3 aliphatic heterocycles. The van der Waals surface area contributed by atoms with Gasteiger partial charge < -0.3 is 19.6 Å². The molecule has 1 amide bonds. The zero-order valence-corrected chi connectivity index (χ0v) is 17.9. The van der Waals surface area contributed by atoms with Crippen LogP contribution in [0.25, 0.3) is 16.8 Å². The van der Waals surface area contributed by atoms with E-state index in [1.807, 2.05) is 29.1 Å². The number of pyridine rings is 1. The van der Waals surface area contributed by atoms with Crippen LogP contribution in [0.3, 0.4) is 0 Å². The van der Waals surface area contributed by atoms with Gasteiger partial charge in [-0.1, -0.05) is 0 Å². The van der Waals surface area contributed by atoms with Crippen molar-refractivity contribution in [3.8, 4) is 22.6 Å². The molecule has 2 bridgehead atoms. The molecule has 0 spiro atoms. The number of hydrogen-bond donors (Lipinski definition) is 1. The topological polar surface area (TPSA) is 83.7 Å². The highest BCUT2D eigenvalue weighted by atomic mass is 16.5. The maximum Gasteiger partial charge on any atom is 0.407 e. The molecule has 0 saturated carbocycles. The summed E-state index contributed by atoms with van der Waals surface area (Å²) < 4.78 is 7.88. The minimum Gasteiger partial charge on any atom is -0.487 e. The Morgan fingerprint density at radius 3 is 2.66 bits per heavy atom. The van der Waals surface area contributed by atoms with Crippen LogP contribution in [0.15, 0.2) is 48.8 Å². The SMILES string of the molecule is CN(c1ccc2c(n1)COc1cc(-n3cccn3)ccc1-2)C1C[C@H]2CC[C@@H](C1)N2C(=O)O.